The molecule has 2 aliphatic heterocycles. The summed E-state index contributed by atoms with van der Waals surface area (Å²) >= 11 is 6.76. The fourth-order valence-electron chi connectivity index (χ4n) is 3.93. The molecule has 0 amide bonds. The third kappa shape index (κ3) is 8.32. The van der Waals surface area contributed by atoms with Crippen molar-refractivity contribution < 1.29 is 19.3 Å². The number of aliphatic hydroxyl groups is 1. The number of halogens is 2. The standard InChI is InChI=1S/C12H17BrN2O2.C11H15BrN2O2/c1-16-9-11(15-5-7-17-8-6-15)10-3-2-4-12(13)14-10;12-11-3-1-2-9(13-11)10(8-15)14-4-6-16-7-5-14/h2-4,11H,5-9H2,1H3;1-3,10,15H,4-8H2. The summed E-state index contributed by atoms with van der Waals surface area (Å²) in [7, 11) is 1.73. The van der Waals surface area contributed by atoms with E-state index >= 15 is 0 Å². The van der Waals surface area contributed by atoms with Crippen molar-refractivity contribution in [3.8, 4) is 0 Å². The first-order valence-electron chi connectivity index (χ1n) is 11.1. The molecule has 33 heavy (non-hydrogen) atoms. The molecule has 2 fully saturated rings. The van der Waals surface area contributed by atoms with Crippen LogP contribution in [0.2, 0.25) is 0 Å². The van der Waals surface area contributed by atoms with Gasteiger partial charge in [-0.1, -0.05) is 12.1 Å². The summed E-state index contributed by atoms with van der Waals surface area (Å²) in [5.41, 5.74) is 1.95. The van der Waals surface area contributed by atoms with Crippen LogP contribution < -0.4 is 0 Å². The molecule has 0 bridgehead atoms. The predicted octanol–water partition coefficient (Wildman–Crippen LogP) is 3.07. The Kier molecular flexibility index (Phi) is 11.6. The van der Waals surface area contributed by atoms with Gasteiger partial charge in [0.2, 0.25) is 0 Å². The molecule has 1 N–H and O–H groups in total. The number of hydrogen-bond donors (Lipinski definition) is 1. The van der Waals surface area contributed by atoms with Crippen LogP contribution >= 0.6 is 31.9 Å². The van der Waals surface area contributed by atoms with Gasteiger partial charge in [0.1, 0.15) is 9.21 Å². The minimum absolute atomic E-state index is 0.0265. The average molecular weight is 588 g/mol. The Morgan fingerprint density at radius 2 is 1.30 bits per heavy atom. The summed E-state index contributed by atoms with van der Waals surface area (Å²) in [5, 5.41) is 9.48. The maximum absolute atomic E-state index is 9.48. The maximum Gasteiger partial charge on any atom is 0.106 e. The zero-order valence-electron chi connectivity index (χ0n) is 18.9. The van der Waals surface area contributed by atoms with Gasteiger partial charge >= 0.3 is 0 Å². The van der Waals surface area contributed by atoms with Crippen LogP contribution in [0.15, 0.2) is 45.6 Å². The number of aromatic nitrogens is 2. The first kappa shape index (κ1) is 26.6. The fourth-order valence-corrected chi connectivity index (χ4v) is 4.64. The number of rotatable bonds is 7. The van der Waals surface area contributed by atoms with Crippen molar-refractivity contribution in [2.45, 2.75) is 12.1 Å². The zero-order valence-corrected chi connectivity index (χ0v) is 22.1. The molecular weight excluding hydrogens is 556 g/mol. The highest BCUT2D eigenvalue weighted by Gasteiger charge is 2.24. The van der Waals surface area contributed by atoms with E-state index in [9.17, 15) is 5.11 Å². The summed E-state index contributed by atoms with van der Waals surface area (Å²) in [6, 6.07) is 11.9. The highest BCUT2D eigenvalue weighted by Crippen LogP contribution is 2.22. The smallest absolute Gasteiger partial charge is 0.106 e. The van der Waals surface area contributed by atoms with Gasteiger partial charge in [-0.05, 0) is 56.1 Å². The van der Waals surface area contributed by atoms with E-state index in [2.05, 4.69) is 51.6 Å². The van der Waals surface area contributed by atoms with E-state index < -0.39 is 0 Å². The van der Waals surface area contributed by atoms with E-state index in [0.29, 0.717) is 6.61 Å². The lowest BCUT2D eigenvalue weighted by Crippen LogP contribution is -2.41. The van der Waals surface area contributed by atoms with Gasteiger partial charge in [0.15, 0.2) is 0 Å². The van der Waals surface area contributed by atoms with Crippen LogP contribution in [0.4, 0.5) is 0 Å². The van der Waals surface area contributed by atoms with Crippen LogP contribution in [-0.2, 0) is 14.2 Å². The predicted molar refractivity (Wildman–Crippen MR) is 133 cm³/mol. The van der Waals surface area contributed by atoms with E-state index in [1.807, 2.05) is 36.4 Å². The largest absolute Gasteiger partial charge is 0.394 e. The van der Waals surface area contributed by atoms with Gasteiger partial charge in [-0.15, -0.1) is 0 Å². The third-order valence-electron chi connectivity index (χ3n) is 5.63. The number of morpholine rings is 2. The number of nitrogens with zero attached hydrogens (tertiary/aromatic N) is 4. The molecule has 2 unspecified atom stereocenters. The fraction of sp³-hybridized carbons (Fsp3) is 0.565. The van der Waals surface area contributed by atoms with Crippen molar-refractivity contribution in [1.29, 1.82) is 0 Å². The molecule has 2 saturated heterocycles. The molecule has 0 radical (unpaired) electrons. The molecule has 2 atom stereocenters. The molecule has 8 nitrogen and oxygen atoms in total. The van der Waals surface area contributed by atoms with Gasteiger partial charge in [0, 0.05) is 33.3 Å². The summed E-state index contributed by atoms with van der Waals surface area (Å²) < 4.78 is 17.7. The quantitative estimate of drug-likeness (QED) is 0.495. The lowest BCUT2D eigenvalue weighted by molar-refractivity contribution is -0.00500. The number of aliphatic hydroxyl groups excluding tert-OH is 1. The van der Waals surface area contributed by atoms with E-state index in [0.717, 1.165) is 73.2 Å². The van der Waals surface area contributed by atoms with E-state index in [1.165, 1.54) is 0 Å². The van der Waals surface area contributed by atoms with Gasteiger partial charge < -0.3 is 19.3 Å². The Labute approximate surface area is 212 Å². The second-order valence-corrected chi connectivity index (χ2v) is 9.36. The zero-order chi connectivity index (χ0) is 23.5. The molecule has 4 rings (SSSR count). The van der Waals surface area contributed by atoms with E-state index in [1.54, 1.807) is 7.11 Å². The lowest BCUT2D eigenvalue weighted by Gasteiger charge is -2.33. The number of hydrogen-bond acceptors (Lipinski definition) is 8. The van der Waals surface area contributed by atoms with Gasteiger partial charge in [0.05, 0.1) is 63.1 Å². The summed E-state index contributed by atoms with van der Waals surface area (Å²) in [4.78, 5) is 13.5. The molecular formula is C23H32Br2N4O4. The maximum atomic E-state index is 9.48. The van der Waals surface area contributed by atoms with Crippen LogP contribution in [0, 0.1) is 0 Å². The number of methoxy groups -OCH3 is 1. The van der Waals surface area contributed by atoms with E-state index in [4.69, 9.17) is 14.2 Å². The van der Waals surface area contributed by atoms with Gasteiger partial charge in [-0.3, -0.25) is 9.80 Å². The van der Waals surface area contributed by atoms with Crippen molar-refractivity contribution in [2.75, 3.05) is 72.9 Å². The Morgan fingerprint density at radius 1 is 0.848 bits per heavy atom. The van der Waals surface area contributed by atoms with Crippen LogP contribution in [0.25, 0.3) is 0 Å². The second kappa shape index (κ2) is 14.4. The molecule has 0 saturated carbocycles. The number of pyridine rings is 2. The molecule has 0 aliphatic carbocycles. The molecule has 2 aromatic rings. The van der Waals surface area contributed by atoms with Crippen molar-refractivity contribution in [3.63, 3.8) is 0 Å². The van der Waals surface area contributed by atoms with E-state index in [-0.39, 0.29) is 18.7 Å². The summed E-state index contributed by atoms with van der Waals surface area (Å²) in [6.07, 6.45) is 0. The molecule has 2 aliphatic rings. The molecule has 10 heteroatoms. The van der Waals surface area contributed by atoms with Crippen molar-refractivity contribution in [2.24, 2.45) is 0 Å². The Bertz CT molecular complexity index is 836. The minimum atomic E-state index is -0.0265. The van der Waals surface area contributed by atoms with Crippen molar-refractivity contribution in [1.82, 2.24) is 19.8 Å². The highest BCUT2D eigenvalue weighted by molar-refractivity contribution is 9.10. The van der Waals surface area contributed by atoms with Gasteiger partial charge in [-0.2, -0.15) is 0 Å². The van der Waals surface area contributed by atoms with Gasteiger partial charge in [-0.25, -0.2) is 9.97 Å². The Hall–Kier alpha value is -0.980. The highest BCUT2D eigenvalue weighted by atomic mass is 79.9. The topological polar surface area (TPSA) is 80.2 Å². The van der Waals surface area contributed by atoms with Crippen LogP contribution in [0.3, 0.4) is 0 Å². The molecule has 0 aromatic carbocycles. The summed E-state index contributed by atoms with van der Waals surface area (Å²) in [6.45, 7) is 7.33. The molecule has 0 spiro atoms. The average Bonchev–Trinajstić information content (AvgIpc) is 2.85. The monoisotopic (exact) mass is 586 g/mol. The van der Waals surface area contributed by atoms with Crippen LogP contribution in [0.5, 0.6) is 0 Å². The third-order valence-corrected chi connectivity index (χ3v) is 6.51. The van der Waals surface area contributed by atoms with Gasteiger partial charge in [0.25, 0.3) is 0 Å². The molecule has 4 heterocycles. The lowest BCUT2D eigenvalue weighted by atomic mass is 10.1. The SMILES string of the molecule is COCC(c1cccc(Br)n1)N1CCOCC1.OCC(c1cccc(Br)n1)N1CCOCC1. The summed E-state index contributed by atoms with van der Waals surface area (Å²) in [5.74, 6) is 0. The van der Waals surface area contributed by atoms with Crippen LogP contribution in [-0.4, -0.2) is 97.8 Å². The second-order valence-electron chi connectivity index (χ2n) is 7.74. The first-order valence-corrected chi connectivity index (χ1v) is 12.7. The van der Waals surface area contributed by atoms with Crippen molar-refractivity contribution >= 4 is 31.9 Å². The molecule has 2 aromatic heterocycles. The first-order chi connectivity index (χ1) is 16.1. The number of ether oxygens (including phenoxy) is 3. The normalized spacial score (nSPS) is 19.4. The minimum Gasteiger partial charge on any atom is -0.394 e. The molecule has 182 valence electrons. The van der Waals surface area contributed by atoms with Crippen molar-refractivity contribution in [3.05, 3.63) is 57.0 Å². The Morgan fingerprint density at radius 3 is 1.73 bits per heavy atom. The van der Waals surface area contributed by atoms with Crippen LogP contribution in [0.1, 0.15) is 23.5 Å². The Balaban J connectivity index is 0.000000186.